The second-order valence-corrected chi connectivity index (χ2v) is 5.71. The van der Waals surface area contributed by atoms with Gasteiger partial charge in [-0.3, -0.25) is 4.31 Å². The Balaban J connectivity index is 2.49. The fourth-order valence-electron chi connectivity index (χ4n) is 1.81. The van der Waals surface area contributed by atoms with Gasteiger partial charge in [-0.2, -0.15) is 10.5 Å². The van der Waals surface area contributed by atoms with Gasteiger partial charge in [0.15, 0.2) is 0 Å². The van der Waals surface area contributed by atoms with Crippen LogP contribution in [0.1, 0.15) is 17.5 Å². The highest BCUT2D eigenvalue weighted by atomic mass is 32.2. The number of hydrogen-bond acceptors (Lipinski definition) is 4. The van der Waals surface area contributed by atoms with Crippen LogP contribution in [0.2, 0.25) is 0 Å². The fourth-order valence-corrected chi connectivity index (χ4v) is 3.36. The maximum Gasteiger partial charge on any atom is 0.235 e. The van der Waals surface area contributed by atoms with Crippen LogP contribution in [0, 0.1) is 22.7 Å². The third kappa shape index (κ3) is 1.95. The summed E-state index contributed by atoms with van der Waals surface area (Å²) < 4.78 is 24.7. The van der Waals surface area contributed by atoms with Gasteiger partial charge < -0.3 is 0 Å². The molecular weight excluding hydrogens is 238 g/mol. The molecule has 0 bridgehead atoms. The third-order valence-electron chi connectivity index (χ3n) is 2.63. The van der Waals surface area contributed by atoms with Crippen LogP contribution >= 0.6 is 0 Å². The van der Waals surface area contributed by atoms with E-state index in [1.54, 1.807) is 6.07 Å². The topological polar surface area (TPSA) is 85.0 Å². The minimum atomic E-state index is -3.24. The first-order chi connectivity index (χ1) is 8.08. The summed E-state index contributed by atoms with van der Waals surface area (Å²) in [5.41, 5.74) is 0.915. The standard InChI is InChI=1S/C11H9N3O2S/c12-7-9-2-3-11(6-10(9)8-13)14-4-1-5-17(14,15)16/h2-3,6H,1,4-5H2. The summed E-state index contributed by atoms with van der Waals surface area (Å²) in [6, 6.07) is 8.27. The van der Waals surface area contributed by atoms with Gasteiger partial charge in [0.25, 0.3) is 0 Å². The minimum Gasteiger partial charge on any atom is -0.270 e. The van der Waals surface area contributed by atoms with Gasteiger partial charge >= 0.3 is 0 Å². The molecule has 1 saturated heterocycles. The molecular formula is C11H9N3O2S. The first-order valence-corrected chi connectivity index (χ1v) is 6.64. The van der Waals surface area contributed by atoms with Crippen molar-refractivity contribution in [1.82, 2.24) is 0 Å². The van der Waals surface area contributed by atoms with Crippen molar-refractivity contribution in [2.24, 2.45) is 0 Å². The van der Waals surface area contributed by atoms with Gasteiger partial charge in [0.2, 0.25) is 10.0 Å². The molecule has 86 valence electrons. The maximum absolute atomic E-state index is 11.7. The molecule has 1 heterocycles. The van der Waals surface area contributed by atoms with Crippen molar-refractivity contribution in [3.63, 3.8) is 0 Å². The lowest BCUT2D eigenvalue weighted by atomic mass is 10.1. The van der Waals surface area contributed by atoms with Crippen molar-refractivity contribution in [3.05, 3.63) is 29.3 Å². The van der Waals surface area contributed by atoms with Gasteiger partial charge in [-0.1, -0.05) is 0 Å². The van der Waals surface area contributed by atoms with E-state index in [9.17, 15) is 8.42 Å². The summed E-state index contributed by atoms with van der Waals surface area (Å²) in [5.74, 6) is 0.134. The van der Waals surface area contributed by atoms with E-state index < -0.39 is 10.0 Å². The van der Waals surface area contributed by atoms with E-state index in [-0.39, 0.29) is 16.9 Å². The zero-order chi connectivity index (χ0) is 12.5. The molecule has 1 fully saturated rings. The van der Waals surface area contributed by atoms with Crippen molar-refractivity contribution >= 4 is 15.7 Å². The summed E-state index contributed by atoms with van der Waals surface area (Å²) in [6.45, 7) is 0.430. The summed E-state index contributed by atoms with van der Waals surface area (Å²) in [5, 5.41) is 17.7. The van der Waals surface area contributed by atoms with Crippen LogP contribution in [-0.4, -0.2) is 20.7 Å². The SMILES string of the molecule is N#Cc1ccc(N2CCCS2(=O)=O)cc1C#N. The van der Waals surface area contributed by atoms with Crippen LogP contribution in [0.15, 0.2) is 18.2 Å². The number of sulfonamides is 1. The molecule has 0 aromatic heterocycles. The molecule has 0 unspecified atom stereocenters. The highest BCUT2D eigenvalue weighted by Gasteiger charge is 2.28. The number of nitrogens with zero attached hydrogens (tertiary/aromatic N) is 3. The van der Waals surface area contributed by atoms with Crippen molar-refractivity contribution < 1.29 is 8.42 Å². The largest absolute Gasteiger partial charge is 0.270 e. The van der Waals surface area contributed by atoms with Crippen molar-refractivity contribution in [2.75, 3.05) is 16.6 Å². The van der Waals surface area contributed by atoms with Gasteiger partial charge in [0.1, 0.15) is 12.1 Å². The van der Waals surface area contributed by atoms with Crippen LogP contribution < -0.4 is 4.31 Å². The Kier molecular flexibility index (Phi) is 2.74. The highest BCUT2D eigenvalue weighted by Crippen LogP contribution is 2.25. The van der Waals surface area contributed by atoms with Crippen molar-refractivity contribution in [2.45, 2.75) is 6.42 Å². The second kappa shape index (κ2) is 4.08. The normalized spacial score (nSPS) is 17.4. The molecule has 0 spiro atoms. The third-order valence-corrected chi connectivity index (χ3v) is 4.50. The first kappa shape index (κ1) is 11.4. The second-order valence-electron chi connectivity index (χ2n) is 3.70. The Morgan fingerprint density at radius 2 is 1.88 bits per heavy atom. The molecule has 0 aliphatic carbocycles. The van der Waals surface area contributed by atoms with E-state index in [0.29, 0.717) is 18.7 Å². The molecule has 0 atom stereocenters. The van der Waals surface area contributed by atoms with E-state index in [0.717, 1.165) is 0 Å². The minimum absolute atomic E-state index is 0.134. The number of anilines is 1. The summed E-state index contributed by atoms with van der Waals surface area (Å²) in [7, 11) is -3.24. The van der Waals surface area contributed by atoms with Crippen molar-refractivity contribution in [1.29, 1.82) is 10.5 Å². The van der Waals surface area contributed by atoms with Gasteiger partial charge in [0.05, 0.1) is 22.6 Å². The molecule has 1 aliphatic rings. The lowest BCUT2D eigenvalue weighted by molar-refractivity contribution is 0.599. The van der Waals surface area contributed by atoms with E-state index in [1.165, 1.54) is 16.4 Å². The number of rotatable bonds is 1. The van der Waals surface area contributed by atoms with Crippen LogP contribution in [0.4, 0.5) is 5.69 Å². The number of hydrogen-bond donors (Lipinski definition) is 0. The molecule has 1 aromatic rings. The Bertz CT molecular complexity index is 638. The van der Waals surface area contributed by atoms with E-state index >= 15 is 0 Å². The lowest BCUT2D eigenvalue weighted by Crippen LogP contribution is -2.25. The first-order valence-electron chi connectivity index (χ1n) is 5.03. The molecule has 6 heteroatoms. The zero-order valence-electron chi connectivity index (χ0n) is 8.92. The summed E-state index contributed by atoms with van der Waals surface area (Å²) >= 11 is 0. The van der Waals surface area contributed by atoms with Crippen LogP contribution in [0.25, 0.3) is 0 Å². The molecule has 0 N–H and O–H groups in total. The highest BCUT2D eigenvalue weighted by molar-refractivity contribution is 7.93. The number of nitriles is 2. The van der Waals surface area contributed by atoms with E-state index in [4.69, 9.17) is 10.5 Å². The zero-order valence-corrected chi connectivity index (χ0v) is 9.74. The Morgan fingerprint density at radius 1 is 1.18 bits per heavy atom. The Hall–Kier alpha value is -2.05. The van der Waals surface area contributed by atoms with Crippen molar-refractivity contribution in [3.8, 4) is 12.1 Å². The van der Waals surface area contributed by atoms with Gasteiger partial charge in [-0.15, -0.1) is 0 Å². The van der Waals surface area contributed by atoms with E-state index in [1.807, 2.05) is 12.1 Å². The quantitative estimate of drug-likeness (QED) is 0.740. The fraction of sp³-hybridized carbons (Fsp3) is 0.273. The monoisotopic (exact) mass is 247 g/mol. The Morgan fingerprint density at radius 3 is 2.41 bits per heavy atom. The smallest absolute Gasteiger partial charge is 0.235 e. The predicted molar refractivity (Wildman–Crippen MR) is 61.6 cm³/mol. The average Bonchev–Trinajstić information content (AvgIpc) is 2.68. The molecule has 5 nitrogen and oxygen atoms in total. The van der Waals surface area contributed by atoms with Gasteiger partial charge in [-0.25, -0.2) is 8.42 Å². The maximum atomic E-state index is 11.7. The predicted octanol–water partition coefficient (Wildman–Crippen LogP) is 0.970. The molecule has 0 amide bonds. The molecule has 17 heavy (non-hydrogen) atoms. The molecule has 1 aliphatic heterocycles. The molecule has 1 aromatic carbocycles. The van der Waals surface area contributed by atoms with Gasteiger partial charge in [-0.05, 0) is 24.6 Å². The molecule has 0 radical (unpaired) electrons. The Labute approximate surface area is 99.6 Å². The van der Waals surface area contributed by atoms with E-state index in [2.05, 4.69) is 0 Å². The summed E-state index contributed by atoms with van der Waals surface area (Å²) in [4.78, 5) is 0. The van der Waals surface area contributed by atoms with Gasteiger partial charge in [0, 0.05) is 6.54 Å². The molecule has 0 saturated carbocycles. The average molecular weight is 247 g/mol. The van der Waals surface area contributed by atoms with Crippen LogP contribution in [0.5, 0.6) is 0 Å². The molecule has 2 rings (SSSR count). The number of benzene rings is 1. The van der Waals surface area contributed by atoms with Crippen LogP contribution in [-0.2, 0) is 10.0 Å². The summed E-state index contributed by atoms with van der Waals surface area (Å²) in [6.07, 6.45) is 0.588. The lowest BCUT2D eigenvalue weighted by Gasteiger charge is -2.17. The van der Waals surface area contributed by atoms with Crippen LogP contribution in [0.3, 0.4) is 0 Å².